The smallest absolute Gasteiger partial charge is 0.196 e. The van der Waals surface area contributed by atoms with Crippen LogP contribution in [0.2, 0.25) is 5.02 Å². The number of aliphatic imine (C=N–C) groups is 1. The SMILES string of the molecule is COc1ccc(N2C(N)=NCC2c2cccc(Cl)c2)cc1. The molecule has 0 saturated heterocycles. The molecule has 5 heteroatoms. The molecule has 1 aliphatic rings. The van der Waals surface area contributed by atoms with E-state index in [9.17, 15) is 0 Å². The van der Waals surface area contributed by atoms with E-state index in [0.717, 1.165) is 17.0 Å². The Morgan fingerprint density at radius 1 is 1.24 bits per heavy atom. The minimum absolute atomic E-state index is 0.0668. The van der Waals surface area contributed by atoms with Gasteiger partial charge < -0.3 is 15.4 Å². The van der Waals surface area contributed by atoms with Crippen molar-refractivity contribution >= 4 is 23.2 Å². The highest BCUT2D eigenvalue weighted by Crippen LogP contribution is 2.32. The average Bonchev–Trinajstić information content (AvgIpc) is 2.89. The van der Waals surface area contributed by atoms with Gasteiger partial charge in [0, 0.05) is 10.7 Å². The van der Waals surface area contributed by atoms with Gasteiger partial charge in [-0.25, -0.2) is 0 Å². The Morgan fingerprint density at radius 2 is 2.00 bits per heavy atom. The van der Waals surface area contributed by atoms with Crippen molar-refractivity contribution in [3.8, 4) is 5.75 Å². The molecule has 0 fully saturated rings. The molecule has 0 bridgehead atoms. The molecular weight excluding hydrogens is 286 g/mol. The Bertz CT molecular complexity index is 669. The summed E-state index contributed by atoms with van der Waals surface area (Å²) >= 11 is 6.09. The molecule has 0 aliphatic carbocycles. The molecule has 1 atom stereocenters. The van der Waals surface area contributed by atoms with Crippen molar-refractivity contribution < 1.29 is 4.74 Å². The van der Waals surface area contributed by atoms with Gasteiger partial charge >= 0.3 is 0 Å². The predicted molar refractivity (Wildman–Crippen MR) is 86.2 cm³/mol. The standard InChI is InChI=1S/C16H16ClN3O/c1-21-14-7-5-13(6-8-14)20-15(10-19-16(20)18)11-3-2-4-12(17)9-11/h2-9,15H,10H2,1H3,(H2,18,19). The molecule has 21 heavy (non-hydrogen) atoms. The fraction of sp³-hybridized carbons (Fsp3) is 0.188. The zero-order valence-electron chi connectivity index (χ0n) is 11.7. The highest BCUT2D eigenvalue weighted by Gasteiger charge is 2.28. The summed E-state index contributed by atoms with van der Waals surface area (Å²) in [4.78, 5) is 6.39. The molecule has 2 aromatic carbocycles. The number of nitrogens with two attached hydrogens (primary N) is 1. The number of ether oxygens (including phenoxy) is 1. The van der Waals surface area contributed by atoms with Crippen molar-refractivity contribution in [2.24, 2.45) is 10.7 Å². The van der Waals surface area contributed by atoms with E-state index in [1.807, 2.05) is 53.4 Å². The Balaban J connectivity index is 1.95. The van der Waals surface area contributed by atoms with Crippen molar-refractivity contribution in [1.29, 1.82) is 0 Å². The maximum Gasteiger partial charge on any atom is 0.196 e. The number of anilines is 1. The summed E-state index contributed by atoms with van der Waals surface area (Å²) in [5.41, 5.74) is 8.14. The summed E-state index contributed by atoms with van der Waals surface area (Å²) < 4.78 is 5.19. The molecule has 3 rings (SSSR count). The number of benzene rings is 2. The first kappa shape index (κ1) is 13.8. The van der Waals surface area contributed by atoms with Crippen LogP contribution < -0.4 is 15.4 Å². The lowest BCUT2D eigenvalue weighted by Gasteiger charge is -2.27. The van der Waals surface area contributed by atoms with Gasteiger partial charge in [-0.2, -0.15) is 0 Å². The third kappa shape index (κ3) is 2.67. The maximum atomic E-state index is 6.09. The molecule has 2 N–H and O–H groups in total. The van der Waals surface area contributed by atoms with Crippen LogP contribution in [0.1, 0.15) is 11.6 Å². The van der Waals surface area contributed by atoms with Crippen molar-refractivity contribution in [2.45, 2.75) is 6.04 Å². The molecule has 4 nitrogen and oxygen atoms in total. The van der Waals surface area contributed by atoms with Gasteiger partial charge in [0.05, 0.1) is 19.7 Å². The van der Waals surface area contributed by atoms with Gasteiger partial charge in [-0.1, -0.05) is 23.7 Å². The van der Waals surface area contributed by atoms with E-state index in [4.69, 9.17) is 22.1 Å². The Hall–Kier alpha value is -2.20. The zero-order chi connectivity index (χ0) is 14.8. The monoisotopic (exact) mass is 301 g/mol. The topological polar surface area (TPSA) is 50.9 Å². The van der Waals surface area contributed by atoms with E-state index in [1.165, 1.54) is 0 Å². The van der Waals surface area contributed by atoms with E-state index >= 15 is 0 Å². The van der Waals surface area contributed by atoms with Gasteiger partial charge in [0.2, 0.25) is 0 Å². The summed E-state index contributed by atoms with van der Waals surface area (Å²) in [6.45, 7) is 0.623. The number of hydrogen-bond donors (Lipinski definition) is 1. The van der Waals surface area contributed by atoms with Crippen LogP contribution in [0.15, 0.2) is 53.5 Å². The molecule has 0 spiro atoms. The summed E-state index contributed by atoms with van der Waals surface area (Å²) in [6, 6.07) is 15.6. The zero-order valence-corrected chi connectivity index (χ0v) is 12.4. The molecule has 0 radical (unpaired) electrons. The lowest BCUT2D eigenvalue weighted by atomic mass is 10.1. The Kier molecular flexibility index (Phi) is 3.71. The maximum absolute atomic E-state index is 6.09. The van der Waals surface area contributed by atoms with Gasteiger partial charge in [-0.15, -0.1) is 0 Å². The Labute approximate surface area is 128 Å². The fourth-order valence-corrected chi connectivity index (χ4v) is 2.72. The highest BCUT2D eigenvalue weighted by molar-refractivity contribution is 6.30. The number of guanidine groups is 1. The van der Waals surface area contributed by atoms with Crippen LogP contribution in [0, 0.1) is 0 Å². The first-order chi connectivity index (χ1) is 10.2. The van der Waals surface area contributed by atoms with Crippen molar-refractivity contribution in [3.05, 3.63) is 59.1 Å². The summed E-state index contributed by atoms with van der Waals surface area (Å²) in [7, 11) is 1.65. The average molecular weight is 302 g/mol. The first-order valence-corrected chi connectivity index (χ1v) is 7.05. The third-order valence-corrected chi connectivity index (χ3v) is 3.80. The predicted octanol–water partition coefficient (Wildman–Crippen LogP) is 3.22. The van der Waals surface area contributed by atoms with E-state index in [1.54, 1.807) is 7.11 Å². The van der Waals surface area contributed by atoms with Crippen molar-refractivity contribution in [1.82, 2.24) is 0 Å². The van der Waals surface area contributed by atoms with E-state index in [0.29, 0.717) is 17.5 Å². The number of hydrogen-bond acceptors (Lipinski definition) is 4. The number of nitrogens with zero attached hydrogens (tertiary/aromatic N) is 2. The minimum atomic E-state index is 0.0668. The molecule has 108 valence electrons. The normalized spacial score (nSPS) is 17.7. The summed E-state index contributed by atoms with van der Waals surface area (Å²) in [6.07, 6.45) is 0. The molecule has 0 amide bonds. The number of rotatable bonds is 3. The second kappa shape index (κ2) is 5.66. The van der Waals surface area contributed by atoms with Crippen LogP contribution >= 0.6 is 11.6 Å². The van der Waals surface area contributed by atoms with Crippen LogP contribution in [0.3, 0.4) is 0 Å². The second-order valence-electron chi connectivity index (χ2n) is 4.84. The quantitative estimate of drug-likeness (QED) is 0.947. The third-order valence-electron chi connectivity index (χ3n) is 3.57. The molecule has 1 aliphatic heterocycles. The van der Waals surface area contributed by atoms with Gasteiger partial charge in [0.25, 0.3) is 0 Å². The lowest BCUT2D eigenvalue weighted by Crippen LogP contribution is -2.36. The molecular formula is C16H16ClN3O. The van der Waals surface area contributed by atoms with Gasteiger partial charge in [-0.3, -0.25) is 4.99 Å². The lowest BCUT2D eigenvalue weighted by molar-refractivity contribution is 0.415. The molecule has 2 aromatic rings. The van der Waals surface area contributed by atoms with E-state index in [-0.39, 0.29) is 6.04 Å². The van der Waals surface area contributed by atoms with E-state index < -0.39 is 0 Å². The van der Waals surface area contributed by atoms with Crippen LogP contribution in [0.5, 0.6) is 5.75 Å². The molecule has 0 aromatic heterocycles. The van der Waals surface area contributed by atoms with Crippen LogP contribution in [0.4, 0.5) is 5.69 Å². The molecule has 0 saturated carbocycles. The largest absolute Gasteiger partial charge is 0.497 e. The van der Waals surface area contributed by atoms with Gasteiger partial charge in [0.15, 0.2) is 5.96 Å². The summed E-state index contributed by atoms with van der Waals surface area (Å²) in [5, 5.41) is 0.715. The fourth-order valence-electron chi connectivity index (χ4n) is 2.52. The Morgan fingerprint density at radius 3 is 2.67 bits per heavy atom. The van der Waals surface area contributed by atoms with Crippen molar-refractivity contribution in [3.63, 3.8) is 0 Å². The van der Waals surface area contributed by atoms with Crippen LogP contribution in [-0.2, 0) is 0 Å². The van der Waals surface area contributed by atoms with Crippen LogP contribution in [-0.4, -0.2) is 19.6 Å². The molecule has 1 unspecified atom stereocenters. The van der Waals surface area contributed by atoms with E-state index in [2.05, 4.69) is 4.99 Å². The number of methoxy groups -OCH3 is 1. The minimum Gasteiger partial charge on any atom is -0.497 e. The van der Waals surface area contributed by atoms with Crippen LogP contribution in [0.25, 0.3) is 0 Å². The summed E-state index contributed by atoms with van der Waals surface area (Å²) in [5.74, 6) is 1.33. The highest BCUT2D eigenvalue weighted by atomic mass is 35.5. The second-order valence-corrected chi connectivity index (χ2v) is 5.27. The van der Waals surface area contributed by atoms with Gasteiger partial charge in [-0.05, 0) is 42.0 Å². The first-order valence-electron chi connectivity index (χ1n) is 6.67. The number of halogens is 1. The van der Waals surface area contributed by atoms with Crippen molar-refractivity contribution in [2.75, 3.05) is 18.6 Å². The molecule has 1 heterocycles. The van der Waals surface area contributed by atoms with Gasteiger partial charge in [0.1, 0.15) is 5.75 Å².